The monoisotopic (exact) mass is 275 g/mol. The SMILES string of the molecule is CSC1CCN(Cc2ccc(Br)o2)C1. The van der Waals surface area contributed by atoms with Crippen LogP contribution >= 0.6 is 27.7 Å². The number of nitrogens with zero attached hydrogens (tertiary/aromatic N) is 1. The maximum atomic E-state index is 5.48. The summed E-state index contributed by atoms with van der Waals surface area (Å²) in [4.78, 5) is 2.45. The van der Waals surface area contributed by atoms with E-state index in [2.05, 4.69) is 27.1 Å². The van der Waals surface area contributed by atoms with Crippen LogP contribution in [0.4, 0.5) is 0 Å². The first-order chi connectivity index (χ1) is 6.78. The van der Waals surface area contributed by atoms with Gasteiger partial charge in [-0.25, -0.2) is 0 Å². The van der Waals surface area contributed by atoms with Gasteiger partial charge in [0.25, 0.3) is 0 Å². The van der Waals surface area contributed by atoms with E-state index in [1.54, 1.807) is 0 Å². The van der Waals surface area contributed by atoms with Crippen molar-refractivity contribution in [2.45, 2.75) is 18.2 Å². The molecule has 78 valence electrons. The van der Waals surface area contributed by atoms with Crippen LogP contribution in [-0.4, -0.2) is 29.5 Å². The Morgan fingerprint density at radius 1 is 1.64 bits per heavy atom. The van der Waals surface area contributed by atoms with Crippen LogP contribution in [0, 0.1) is 0 Å². The van der Waals surface area contributed by atoms with Gasteiger partial charge in [0.15, 0.2) is 4.67 Å². The van der Waals surface area contributed by atoms with E-state index in [0.29, 0.717) is 0 Å². The van der Waals surface area contributed by atoms with E-state index in [1.165, 1.54) is 19.5 Å². The summed E-state index contributed by atoms with van der Waals surface area (Å²) < 4.78 is 6.31. The van der Waals surface area contributed by atoms with Crippen LogP contribution in [-0.2, 0) is 6.54 Å². The van der Waals surface area contributed by atoms with Crippen LogP contribution in [0.15, 0.2) is 21.2 Å². The molecule has 2 nitrogen and oxygen atoms in total. The van der Waals surface area contributed by atoms with Crippen molar-refractivity contribution < 1.29 is 4.42 Å². The predicted molar refractivity (Wildman–Crippen MR) is 63.6 cm³/mol. The normalized spacial score (nSPS) is 23.1. The molecule has 0 N–H and O–H groups in total. The molecule has 1 fully saturated rings. The standard InChI is InChI=1S/C10H14BrNOS/c1-14-9-4-5-12(7-9)6-8-2-3-10(11)13-8/h2-3,9H,4-7H2,1H3. The second-order valence-electron chi connectivity index (χ2n) is 3.59. The molecule has 2 heterocycles. The van der Waals surface area contributed by atoms with Crippen LogP contribution in [0.5, 0.6) is 0 Å². The van der Waals surface area contributed by atoms with Crippen molar-refractivity contribution in [2.75, 3.05) is 19.3 Å². The number of furan rings is 1. The van der Waals surface area contributed by atoms with Crippen molar-refractivity contribution >= 4 is 27.7 Å². The lowest BCUT2D eigenvalue weighted by Gasteiger charge is -2.13. The fraction of sp³-hybridized carbons (Fsp3) is 0.600. The van der Waals surface area contributed by atoms with Crippen molar-refractivity contribution in [3.05, 3.63) is 22.6 Å². The molecule has 1 aliphatic rings. The predicted octanol–water partition coefficient (Wildman–Crippen LogP) is 2.98. The average molecular weight is 276 g/mol. The van der Waals surface area contributed by atoms with E-state index >= 15 is 0 Å². The zero-order valence-corrected chi connectivity index (χ0v) is 10.6. The van der Waals surface area contributed by atoms with Crippen molar-refractivity contribution in [1.82, 2.24) is 4.90 Å². The van der Waals surface area contributed by atoms with Crippen molar-refractivity contribution in [1.29, 1.82) is 0 Å². The van der Waals surface area contributed by atoms with Crippen molar-refractivity contribution in [3.8, 4) is 0 Å². The van der Waals surface area contributed by atoms with Crippen LogP contribution in [0.25, 0.3) is 0 Å². The smallest absolute Gasteiger partial charge is 0.169 e. The van der Waals surface area contributed by atoms with E-state index in [9.17, 15) is 0 Å². The molecule has 0 saturated carbocycles. The Morgan fingerprint density at radius 3 is 3.07 bits per heavy atom. The Kier molecular flexibility index (Phi) is 3.57. The molecule has 1 aliphatic heterocycles. The second-order valence-corrected chi connectivity index (χ2v) is 5.51. The Morgan fingerprint density at radius 2 is 2.50 bits per heavy atom. The third-order valence-corrected chi connectivity index (χ3v) is 4.05. The summed E-state index contributed by atoms with van der Waals surface area (Å²) in [7, 11) is 0. The van der Waals surface area contributed by atoms with Crippen molar-refractivity contribution in [2.24, 2.45) is 0 Å². The van der Waals surface area contributed by atoms with E-state index in [-0.39, 0.29) is 0 Å². The quantitative estimate of drug-likeness (QED) is 0.844. The maximum Gasteiger partial charge on any atom is 0.169 e. The molecule has 0 aliphatic carbocycles. The van der Waals surface area contributed by atoms with Crippen LogP contribution < -0.4 is 0 Å². The Hall–Kier alpha value is 0.0700. The third-order valence-electron chi connectivity index (χ3n) is 2.57. The molecular weight excluding hydrogens is 262 g/mol. The number of thioether (sulfide) groups is 1. The highest BCUT2D eigenvalue weighted by atomic mass is 79.9. The van der Waals surface area contributed by atoms with Gasteiger partial charge in [0.1, 0.15) is 5.76 Å². The van der Waals surface area contributed by atoms with Crippen LogP contribution in [0.3, 0.4) is 0 Å². The first-order valence-electron chi connectivity index (χ1n) is 4.77. The molecule has 2 rings (SSSR count). The fourth-order valence-corrected chi connectivity index (χ4v) is 2.83. The number of likely N-dealkylation sites (tertiary alicyclic amines) is 1. The van der Waals surface area contributed by atoms with Crippen molar-refractivity contribution in [3.63, 3.8) is 0 Å². The molecule has 0 amide bonds. The summed E-state index contributed by atoms with van der Waals surface area (Å²) in [6.07, 6.45) is 3.50. The van der Waals surface area contributed by atoms with Gasteiger partial charge in [0.2, 0.25) is 0 Å². The molecule has 1 saturated heterocycles. The Labute approximate surface area is 97.2 Å². The number of hydrogen-bond donors (Lipinski definition) is 0. The van der Waals surface area contributed by atoms with Gasteiger partial charge in [-0.15, -0.1) is 0 Å². The topological polar surface area (TPSA) is 16.4 Å². The number of hydrogen-bond acceptors (Lipinski definition) is 3. The van der Waals surface area contributed by atoms with Gasteiger partial charge in [-0.1, -0.05) is 0 Å². The summed E-state index contributed by atoms with van der Waals surface area (Å²) in [5.41, 5.74) is 0. The zero-order valence-electron chi connectivity index (χ0n) is 8.20. The van der Waals surface area contributed by atoms with Gasteiger partial charge in [0.05, 0.1) is 6.54 Å². The zero-order chi connectivity index (χ0) is 9.97. The van der Waals surface area contributed by atoms with Gasteiger partial charge in [-0.2, -0.15) is 11.8 Å². The molecule has 4 heteroatoms. The Bertz CT molecular complexity index is 302. The molecule has 1 aromatic heterocycles. The minimum absolute atomic E-state index is 0.813. The number of halogens is 1. The third kappa shape index (κ3) is 2.55. The van der Waals surface area contributed by atoms with Gasteiger partial charge in [-0.3, -0.25) is 4.90 Å². The first-order valence-corrected chi connectivity index (χ1v) is 6.85. The van der Waals surface area contributed by atoms with E-state index < -0.39 is 0 Å². The van der Waals surface area contributed by atoms with Crippen LogP contribution in [0.1, 0.15) is 12.2 Å². The maximum absolute atomic E-state index is 5.48. The average Bonchev–Trinajstić information content (AvgIpc) is 2.76. The molecule has 0 aromatic carbocycles. The highest BCUT2D eigenvalue weighted by Crippen LogP contribution is 2.23. The molecule has 1 aromatic rings. The van der Waals surface area contributed by atoms with E-state index in [0.717, 1.165) is 22.2 Å². The largest absolute Gasteiger partial charge is 0.453 e. The van der Waals surface area contributed by atoms with Gasteiger partial charge in [0, 0.05) is 11.8 Å². The highest BCUT2D eigenvalue weighted by Gasteiger charge is 2.22. The summed E-state index contributed by atoms with van der Waals surface area (Å²) in [5, 5.41) is 0.813. The minimum atomic E-state index is 0.813. The van der Waals surface area contributed by atoms with Gasteiger partial charge < -0.3 is 4.42 Å². The fourth-order valence-electron chi connectivity index (χ4n) is 1.79. The molecule has 1 atom stereocenters. The lowest BCUT2D eigenvalue weighted by Crippen LogP contribution is -2.20. The van der Waals surface area contributed by atoms with E-state index in [4.69, 9.17) is 4.42 Å². The number of rotatable bonds is 3. The molecule has 1 unspecified atom stereocenters. The molecule has 0 radical (unpaired) electrons. The van der Waals surface area contributed by atoms with Gasteiger partial charge >= 0.3 is 0 Å². The molecular formula is C10H14BrNOS. The molecule has 14 heavy (non-hydrogen) atoms. The lowest BCUT2D eigenvalue weighted by atomic mass is 10.4. The van der Waals surface area contributed by atoms with E-state index in [1.807, 2.05) is 23.9 Å². The summed E-state index contributed by atoms with van der Waals surface area (Å²) in [5.74, 6) is 1.05. The minimum Gasteiger partial charge on any atom is -0.453 e. The summed E-state index contributed by atoms with van der Waals surface area (Å²) >= 11 is 5.29. The first kappa shape index (κ1) is 10.6. The lowest BCUT2D eigenvalue weighted by molar-refractivity contribution is 0.295. The highest BCUT2D eigenvalue weighted by molar-refractivity contribution is 9.10. The molecule has 0 spiro atoms. The second kappa shape index (κ2) is 4.73. The summed E-state index contributed by atoms with van der Waals surface area (Å²) in [6.45, 7) is 3.34. The Balaban J connectivity index is 1.87. The summed E-state index contributed by atoms with van der Waals surface area (Å²) in [6, 6.07) is 3.99. The van der Waals surface area contributed by atoms with Crippen LogP contribution in [0.2, 0.25) is 0 Å². The van der Waals surface area contributed by atoms with Gasteiger partial charge in [-0.05, 0) is 47.3 Å². The molecule has 0 bridgehead atoms.